The molecule has 0 spiro atoms. The lowest BCUT2D eigenvalue weighted by molar-refractivity contribution is 0.125. The first-order valence-electron chi connectivity index (χ1n) is 8.43. The molecule has 5 heteroatoms. The van der Waals surface area contributed by atoms with Crippen molar-refractivity contribution in [2.45, 2.75) is 31.7 Å². The molecule has 2 aromatic carbocycles. The van der Waals surface area contributed by atoms with Crippen LogP contribution in [0.15, 0.2) is 59.1 Å². The molecule has 0 aliphatic heterocycles. The molecule has 0 fully saturated rings. The quantitative estimate of drug-likeness (QED) is 0.645. The van der Waals surface area contributed by atoms with Gasteiger partial charge in [0.2, 0.25) is 0 Å². The Hall–Kier alpha value is -1.85. The minimum Gasteiger partial charge on any atom is -0.465 e. The molecule has 2 rings (SSSR count). The van der Waals surface area contributed by atoms with Gasteiger partial charge in [0, 0.05) is 17.6 Å². The van der Waals surface area contributed by atoms with Gasteiger partial charge < -0.3 is 15.1 Å². The van der Waals surface area contributed by atoms with Gasteiger partial charge in [-0.05, 0) is 48.9 Å². The van der Waals surface area contributed by atoms with E-state index in [1.165, 1.54) is 4.90 Å². The molecule has 0 bridgehead atoms. The van der Waals surface area contributed by atoms with Crippen LogP contribution in [0.25, 0.3) is 0 Å². The van der Waals surface area contributed by atoms with Gasteiger partial charge in [0.25, 0.3) is 0 Å². The Kier molecular flexibility index (Phi) is 7.47. The highest BCUT2D eigenvalue weighted by molar-refractivity contribution is 9.10. The maximum atomic E-state index is 11.8. The zero-order chi connectivity index (χ0) is 18.2. The molecule has 0 unspecified atom stereocenters. The Morgan fingerprint density at radius 2 is 1.68 bits per heavy atom. The van der Waals surface area contributed by atoms with E-state index in [0.717, 1.165) is 15.6 Å². The summed E-state index contributed by atoms with van der Waals surface area (Å²) in [6.45, 7) is 2.42. The Balaban J connectivity index is 2.09. The van der Waals surface area contributed by atoms with Crippen molar-refractivity contribution < 1.29 is 15.0 Å². The minimum atomic E-state index is -0.925. The van der Waals surface area contributed by atoms with Gasteiger partial charge in [-0.25, -0.2) is 4.79 Å². The summed E-state index contributed by atoms with van der Waals surface area (Å²) in [5.74, 6) is 0.144. The van der Waals surface area contributed by atoms with Crippen LogP contribution in [-0.4, -0.2) is 34.4 Å². The zero-order valence-corrected chi connectivity index (χ0v) is 15.9. The van der Waals surface area contributed by atoms with E-state index >= 15 is 0 Å². The van der Waals surface area contributed by atoms with Crippen molar-refractivity contribution in [3.63, 3.8) is 0 Å². The average molecular weight is 406 g/mol. The van der Waals surface area contributed by atoms with Crippen LogP contribution < -0.4 is 0 Å². The van der Waals surface area contributed by atoms with Gasteiger partial charge in [0.15, 0.2) is 0 Å². The van der Waals surface area contributed by atoms with Crippen LogP contribution in [0, 0.1) is 0 Å². The van der Waals surface area contributed by atoms with Gasteiger partial charge in [-0.2, -0.15) is 0 Å². The van der Waals surface area contributed by atoms with Crippen molar-refractivity contribution in [1.82, 2.24) is 4.90 Å². The number of rotatable bonds is 8. The fraction of sp³-hybridized carbons (Fsp3) is 0.350. The normalized spacial score (nSPS) is 13.2. The third kappa shape index (κ3) is 5.58. The Labute approximate surface area is 157 Å². The van der Waals surface area contributed by atoms with E-state index in [0.29, 0.717) is 19.4 Å². The lowest BCUT2D eigenvalue weighted by Crippen LogP contribution is -2.34. The lowest BCUT2D eigenvalue weighted by atomic mass is 9.92. The number of hydrogen-bond donors (Lipinski definition) is 2. The number of aliphatic hydroxyl groups is 1. The summed E-state index contributed by atoms with van der Waals surface area (Å²) in [4.78, 5) is 13.2. The summed E-state index contributed by atoms with van der Waals surface area (Å²) in [5.41, 5.74) is 2.10. The van der Waals surface area contributed by atoms with Gasteiger partial charge in [0.05, 0.1) is 6.04 Å². The molecule has 4 nitrogen and oxygen atoms in total. The van der Waals surface area contributed by atoms with Crippen molar-refractivity contribution in [3.05, 3.63) is 70.2 Å². The van der Waals surface area contributed by atoms with Crippen LogP contribution in [0.3, 0.4) is 0 Å². The first kappa shape index (κ1) is 19.5. The molecule has 0 heterocycles. The second kappa shape index (κ2) is 9.59. The highest BCUT2D eigenvalue weighted by Crippen LogP contribution is 2.27. The lowest BCUT2D eigenvalue weighted by Gasteiger charge is -2.29. The van der Waals surface area contributed by atoms with Crippen LogP contribution in [-0.2, 0) is 0 Å². The summed E-state index contributed by atoms with van der Waals surface area (Å²) in [6, 6.07) is 17.5. The Morgan fingerprint density at radius 1 is 1.04 bits per heavy atom. The fourth-order valence-corrected chi connectivity index (χ4v) is 3.29. The molecule has 25 heavy (non-hydrogen) atoms. The van der Waals surface area contributed by atoms with E-state index in [2.05, 4.69) is 15.9 Å². The Morgan fingerprint density at radius 3 is 2.24 bits per heavy atom. The summed E-state index contributed by atoms with van der Waals surface area (Å²) in [5, 5.41) is 19.0. The largest absolute Gasteiger partial charge is 0.465 e. The van der Waals surface area contributed by atoms with Gasteiger partial charge in [-0.15, -0.1) is 0 Å². The van der Waals surface area contributed by atoms with Gasteiger partial charge in [0.1, 0.15) is 0 Å². The number of halogens is 1. The summed E-state index contributed by atoms with van der Waals surface area (Å²) >= 11 is 3.40. The topological polar surface area (TPSA) is 60.8 Å². The number of nitrogens with zero attached hydrogens (tertiary/aromatic N) is 1. The number of carboxylic acid groups (broad SMARTS) is 1. The van der Waals surface area contributed by atoms with Crippen molar-refractivity contribution in [2.75, 3.05) is 13.2 Å². The van der Waals surface area contributed by atoms with Crippen LogP contribution >= 0.6 is 15.9 Å². The third-order valence-corrected chi connectivity index (χ3v) is 5.06. The SMILES string of the molecule is C[C@@H](c1ccc(Br)cc1)N(CC[C@H](CCO)c1ccccc1)C(=O)O. The third-order valence-electron chi connectivity index (χ3n) is 4.53. The smallest absolute Gasteiger partial charge is 0.407 e. The maximum Gasteiger partial charge on any atom is 0.407 e. The van der Waals surface area contributed by atoms with Crippen molar-refractivity contribution >= 4 is 22.0 Å². The standard InChI is InChI=1S/C20H24BrNO3/c1-15(16-7-9-19(21)10-8-16)22(20(24)25)13-11-18(12-14-23)17-5-3-2-4-6-17/h2-10,15,18,23H,11-14H2,1H3,(H,24,25)/t15-,18+/m0/s1. The van der Waals surface area contributed by atoms with Crippen molar-refractivity contribution in [1.29, 1.82) is 0 Å². The zero-order valence-electron chi connectivity index (χ0n) is 14.3. The first-order chi connectivity index (χ1) is 12.0. The molecule has 0 saturated carbocycles. The number of benzene rings is 2. The van der Waals surface area contributed by atoms with E-state index in [4.69, 9.17) is 0 Å². The molecule has 2 N–H and O–H groups in total. The second-order valence-corrected chi connectivity index (χ2v) is 7.03. The number of aliphatic hydroxyl groups excluding tert-OH is 1. The monoisotopic (exact) mass is 405 g/mol. The maximum absolute atomic E-state index is 11.8. The molecule has 0 aliphatic rings. The van der Waals surface area contributed by atoms with E-state index in [1.807, 2.05) is 61.5 Å². The summed E-state index contributed by atoms with van der Waals surface area (Å²) in [6.07, 6.45) is 0.383. The van der Waals surface area contributed by atoms with E-state index in [9.17, 15) is 15.0 Å². The van der Waals surface area contributed by atoms with Crippen LogP contribution in [0.5, 0.6) is 0 Å². The van der Waals surface area contributed by atoms with Crippen molar-refractivity contribution in [3.8, 4) is 0 Å². The van der Waals surface area contributed by atoms with Crippen LogP contribution in [0.4, 0.5) is 4.79 Å². The molecule has 134 valence electrons. The van der Waals surface area contributed by atoms with Gasteiger partial charge in [-0.3, -0.25) is 0 Å². The molecule has 0 aliphatic carbocycles. The highest BCUT2D eigenvalue weighted by atomic mass is 79.9. The molecular formula is C20H24BrNO3. The predicted octanol–water partition coefficient (Wildman–Crippen LogP) is 5.05. The van der Waals surface area contributed by atoms with Crippen LogP contribution in [0.1, 0.15) is 42.9 Å². The molecule has 0 radical (unpaired) electrons. The molecule has 0 aromatic heterocycles. The number of hydrogen-bond acceptors (Lipinski definition) is 2. The molecule has 0 saturated heterocycles. The minimum absolute atomic E-state index is 0.0922. The van der Waals surface area contributed by atoms with E-state index in [1.54, 1.807) is 0 Å². The number of carbonyl (C=O) groups is 1. The molecule has 2 atom stereocenters. The van der Waals surface area contributed by atoms with E-state index in [-0.39, 0.29) is 18.6 Å². The molecule has 1 amide bonds. The summed E-state index contributed by atoms with van der Waals surface area (Å²) < 4.78 is 0.970. The van der Waals surface area contributed by atoms with Crippen LogP contribution in [0.2, 0.25) is 0 Å². The Bertz CT molecular complexity index is 660. The molecular weight excluding hydrogens is 382 g/mol. The van der Waals surface area contributed by atoms with Gasteiger partial charge in [-0.1, -0.05) is 58.4 Å². The fourth-order valence-electron chi connectivity index (χ4n) is 3.03. The second-order valence-electron chi connectivity index (χ2n) is 6.11. The molecule has 2 aromatic rings. The average Bonchev–Trinajstić information content (AvgIpc) is 2.62. The predicted molar refractivity (Wildman–Crippen MR) is 103 cm³/mol. The van der Waals surface area contributed by atoms with Crippen molar-refractivity contribution in [2.24, 2.45) is 0 Å². The first-order valence-corrected chi connectivity index (χ1v) is 9.23. The summed E-state index contributed by atoms with van der Waals surface area (Å²) in [7, 11) is 0. The van der Waals surface area contributed by atoms with Gasteiger partial charge >= 0.3 is 6.09 Å². The highest BCUT2D eigenvalue weighted by Gasteiger charge is 2.22. The number of amides is 1. The van der Waals surface area contributed by atoms with E-state index < -0.39 is 6.09 Å².